The predicted molar refractivity (Wildman–Crippen MR) is 115 cm³/mol. The molecule has 3 aromatic carbocycles. The number of hydrogen-bond acceptors (Lipinski definition) is 2. The van der Waals surface area contributed by atoms with E-state index in [0.29, 0.717) is 6.54 Å². The summed E-state index contributed by atoms with van der Waals surface area (Å²) in [7, 11) is 0. The Kier molecular flexibility index (Phi) is 5.84. The highest BCUT2D eigenvalue weighted by molar-refractivity contribution is 5.88. The van der Waals surface area contributed by atoms with Crippen molar-refractivity contribution in [2.24, 2.45) is 0 Å². The van der Waals surface area contributed by atoms with Crippen molar-refractivity contribution in [3.8, 4) is 11.1 Å². The van der Waals surface area contributed by atoms with Crippen LogP contribution in [0, 0.1) is 6.92 Å². The number of nitrogens with zero attached hydrogens (tertiary/aromatic N) is 1. The Morgan fingerprint density at radius 2 is 1.54 bits per heavy atom. The number of ether oxygens (including phenoxy) is 1. The first-order valence-corrected chi connectivity index (χ1v) is 9.53. The largest absolute Gasteiger partial charge is 0.443 e. The molecule has 0 unspecified atom stereocenters. The molecule has 0 bridgehead atoms. The SMILES string of the molecule is Cc1cccc(-c2ccc(N(Cc3ccccc3)C(=O)OC(C)(C)C)cc2)c1. The van der Waals surface area contributed by atoms with Gasteiger partial charge in [-0.3, -0.25) is 4.90 Å². The lowest BCUT2D eigenvalue weighted by atomic mass is 10.0. The molecule has 0 fully saturated rings. The average molecular weight is 373 g/mol. The molecule has 0 aliphatic rings. The Labute approximate surface area is 167 Å². The first-order valence-electron chi connectivity index (χ1n) is 9.53. The summed E-state index contributed by atoms with van der Waals surface area (Å²) >= 11 is 0. The van der Waals surface area contributed by atoms with Gasteiger partial charge in [-0.25, -0.2) is 4.79 Å². The van der Waals surface area contributed by atoms with Crippen molar-refractivity contribution >= 4 is 11.8 Å². The summed E-state index contributed by atoms with van der Waals surface area (Å²) in [5, 5.41) is 0. The second-order valence-corrected chi connectivity index (χ2v) is 7.97. The van der Waals surface area contributed by atoms with E-state index in [1.807, 2.05) is 75.4 Å². The summed E-state index contributed by atoms with van der Waals surface area (Å²) in [6.45, 7) is 8.19. The van der Waals surface area contributed by atoms with E-state index in [0.717, 1.165) is 16.8 Å². The molecule has 0 N–H and O–H groups in total. The van der Waals surface area contributed by atoms with Gasteiger partial charge in [-0.1, -0.05) is 72.3 Å². The predicted octanol–water partition coefficient (Wildman–Crippen LogP) is 6.60. The Morgan fingerprint density at radius 1 is 0.857 bits per heavy atom. The van der Waals surface area contributed by atoms with Crippen molar-refractivity contribution in [1.29, 1.82) is 0 Å². The molecule has 1 amide bonds. The lowest BCUT2D eigenvalue weighted by Gasteiger charge is -2.27. The van der Waals surface area contributed by atoms with Crippen LogP contribution in [0.2, 0.25) is 0 Å². The molecule has 0 saturated heterocycles. The summed E-state index contributed by atoms with van der Waals surface area (Å²) in [5.74, 6) is 0. The summed E-state index contributed by atoms with van der Waals surface area (Å²) in [6, 6.07) is 26.4. The molecule has 0 radical (unpaired) electrons. The average Bonchev–Trinajstić information content (AvgIpc) is 2.66. The normalized spacial score (nSPS) is 11.1. The Bertz CT molecular complexity index is 925. The second kappa shape index (κ2) is 8.30. The van der Waals surface area contributed by atoms with Gasteiger partial charge in [0, 0.05) is 5.69 Å². The van der Waals surface area contributed by atoms with Gasteiger partial charge < -0.3 is 4.74 Å². The quantitative estimate of drug-likeness (QED) is 0.515. The number of aryl methyl sites for hydroxylation is 1. The van der Waals surface area contributed by atoms with Crippen molar-refractivity contribution in [1.82, 2.24) is 0 Å². The molecule has 0 spiro atoms. The molecule has 0 saturated carbocycles. The van der Waals surface area contributed by atoms with E-state index < -0.39 is 5.60 Å². The van der Waals surface area contributed by atoms with Crippen LogP contribution in [0.1, 0.15) is 31.9 Å². The number of rotatable bonds is 4. The monoisotopic (exact) mass is 373 g/mol. The van der Waals surface area contributed by atoms with Gasteiger partial charge in [-0.15, -0.1) is 0 Å². The van der Waals surface area contributed by atoms with Gasteiger partial charge in [-0.05, 0) is 56.5 Å². The van der Waals surface area contributed by atoms with Gasteiger partial charge in [0.15, 0.2) is 0 Å². The molecule has 0 atom stereocenters. The summed E-state index contributed by atoms with van der Waals surface area (Å²) < 4.78 is 5.64. The van der Waals surface area contributed by atoms with Crippen LogP contribution in [0.15, 0.2) is 78.9 Å². The van der Waals surface area contributed by atoms with E-state index in [4.69, 9.17) is 4.74 Å². The number of benzene rings is 3. The minimum absolute atomic E-state index is 0.348. The fourth-order valence-electron chi connectivity index (χ4n) is 3.00. The van der Waals surface area contributed by atoms with E-state index in [1.165, 1.54) is 11.1 Å². The summed E-state index contributed by atoms with van der Waals surface area (Å²) in [5.41, 5.74) is 4.83. The lowest BCUT2D eigenvalue weighted by Crippen LogP contribution is -2.36. The molecule has 0 aliphatic carbocycles. The fraction of sp³-hybridized carbons (Fsp3) is 0.240. The third-order valence-electron chi connectivity index (χ3n) is 4.33. The highest BCUT2D eigenvalue weighted by atomic mass is 16.6. The van der Waals surface area contributed by atoms with Crippen LogP contribution in [-0.4, -0.2) is 11.7 Å². The maximum absolute atomic E-state index is 12.9. The first-order chi connectivity index (χ1) is 13.3. The number of amides is 1. The van der Waals surface area contributed by atoms with Crippen molar-refractivity contribution in [2.75, 3.05) is 4.90 Å². The van der Waals surface area contributed by atoms with Crippen LogP contribution in [0.25, 0.3) is 11.1 Å². The van der Waals surface area contributed by atoms with E-state index in [-0.39, 0.29) is 6.09 Å². The molecule has 144 valence electrons. The lowest BCUT2D eigenvalue weighted by molar-refractivity contribution is 0.0577. The van der Waals surface area contributed by atoms with Crippen molar-refractivity contribution in [2.45, 2.75) is 39.8 Å². The smallest absolute Gasteiger partial charge is 0.415 e. The highest BCUT2D eigenvalue weighted by Gasteiger charge is 2.23. The molecule has 28 heavy (non-hydrogen) atoms. The van der Waals surface area contributed by atoms with Gasteiger partial charge >= 0.3 is 6.09 Å². The second-order valence-electron chi connectivity index (χ2n) is 7.97. The number of carbonyl (C=O) groups excluding carboxylic acids is 1. The van der Waals surface area contributed by atoms with Crippen molar-refractivity contribution < 1.29 is 9.53 Å². The number of carbonyl (C=O) groups is 1. The summed E-state index contributed by atoms with van der Waals surface area (Å²) in [6.07, 6.45) is -0.348. The molecule has 0 heterocycles. The number of hydrogen-bond donors (Lipinski definition) is 0. The van der Waals surface area contributed by atoms with Crippen LogP contribution < -0.4 is 4.90 Å². The Hall–Kier alpha value is -3.07. The topological polar surface area (TPSA) is 29.5 Å². The fourth-order valence-corrected chi connectivity index (χ4v) is 3.00. The van der Waals surface area contributed by atoms with E-state index in [9.17, 15) is 4.79 Å². The van der Waals surface area contributed by atoms with E-state index in [1.54, 1.807) is 4.90 Å². The minimum Gasteiger partial charge on any atom is -0.443 e. The van der Waals surface area contributed by atoms with Gasteiger partial charge in [0.05, 0.1) is 6.54 Å². The van der Waals surface area contributed by atoms with Crippen LogP contribution in [0.4, 0.5) is 10.5 Å². The maximum atomic E-state index is 12.9. The molecule has 3 aromatic rings. The van der Waals surface area contributed by atoms with E-state index >= 15 is 0 Å². The first kappa shape index (κ1) is 19.7. The van der Waals surface area contributed by atoms with Crippen LogP contribution >= 0.6 is 0 Å². The van der Waals surface area contributed by atoms with Crippen molar-refractivity contribution in [3.63, 3.8) is 0 Å². The highest BCUT2D eigenvalue weighted by Crippen LogP contribution is 2.26. The van der Waals surface area contributed by atoms with Crippen LogP contribution in [0.3, 0.4) is 0 Å². The van der Waals surface area contributed by atoms with Gasteiger partial charge in [0.2, 0.25) is 0 Å². The van der Waals surface area contributed by atoms with Crippen LogP contribution in [0.5, 0.6) is 0 Å². The maximum Gasteiger partial charge on any atom is 0.415 e. The zero-order valence-electron chi connectivity index (χ0n) is 17.0. The van der Waals surface area contributed by atoms with Gasteiger partial charge in [-0.2, -0.15) is 0 Å². The standard InChI is InChI=1S/C25H27NO2/c1-19-9-8-12-22(17-19)21-13-15-23(16-14-21)26(24(27)28-25(2,3)4)18-20-10-6-5-7-11-20/h5-17H,18H2,1-4H3. The molecule has 3 heteroatoms. The third kappa shape index (κ3) is 5.23. The van der Waals surface area contributed by atoms with Crippen LogP contribution in [-0.2, 0) is 11.3 Å². The van der Waals surface area contributed by atoms with Crippen molar-refractivity contribution in [3.05, 3.63) is 90.0 Å². The zero-order valence-corrected chi connectivity index (χ0v) is 17.0. The molecule has 3 rings (SSSR count). The Balaban J connectivity index is 1.89. The third-order valence-corrected chi connectivity index (χ3v) is 4.33. The minimum atomic E-state index is -0.548. The molecule has 0 aliphatic heterocycles. The zero-order chi connectivity index (χ0) is 20.1. The molecule has 3 nitrogen and oxygen atoms in total. The number of anilines is 1. The molecular formula is C25H27NO2. The molecule has 0 aromatic heterocycles. The summed E-state index contributed by atoms with van der Waals surface area (Å²) in [4.78, 5) is 14.5. The Morgan fingerprint density at radius 3 is 2.14 bits per heavy atom. The molecular weight excluding hydrogens is 346 g/mol. The van der Waals surface area contributed by atoms with Gasteiger partial charge in [0.1, 0.15) is 5.60 Å². The van der Waals surface area contributed by atoms with E-state index in [2.05, 4.69) is 31.2 Å². The van der Waals surface area contributed by atoms with Gasteiger partial charge in [0.25, 0.3) is 0 Å².